The zero-order chi connectivity index (χ0) is 7.68. The van der Waals surface area contributed by atoms with Gasteiger partial charge in [-0.05, 0) is 12.5 Å². The summed E-state index contributed by atoms with van der Waals surface area (Å²) in [5.74, 6) is 2.23. The lowest BCUT2D eigenvalue weighted by Crippen LogP contribution is -2.10. The quantitative estimate of drug-likeness (QED) is 0.518. The molecule has 0 N–H and O–H groups in total. The van der Waals surface area contributed by atoms with Crippen LogP contribution in [0.3, 0.4) is 0 Å². The minimum atomic E-state index is 0.498. The molecule has 1 saturated heterocycles. The summed E-state index contributed by atoms with van der Waals surface area (Å²) in [7, 11) is 0. The highest BCUT2D eigenvalue weighted by atomic mass is 16.5. The van der Waals surface area contributed by atoms with Gasteiger partial charge in [0.25, 0.3) is 0 Å². The van der Waals surface area contributed by atoms with Gasteiger partial charge < -0.3 is 4.74 Å². The van der Waals surface area contributed by atoms with E-state index >= 15 is 0 Å². The van der Waals surface area contributed by atoms with Crippen LogP contribution in [0.5, 0.6) is 0 Å². The average molecular weight is 148 g/mol. The van der Waals surface area contributed by atoms with E-state index in [1.54, 1.807) is 0 Å². The van der Waals surface area contributed by atoms with E-state index in [9.17, 15) is 0 Å². The molecule has 0 aromatic rings. The molecule has 1 aliphatic carbocycles. The summed E-state index contributed by atoms with van der Waals surface area (Å²) in [6, 6.07) is 0. The van der Waals surface area contributed by atoms with Crippen LogP contribution in [0.4, 0.5) is 0 Å². The molecule has 0 bridgehead atoms. The Labute approximate surface area is 67.1 Å². The van der Waals surface area contributed by atoms with Crippen molar-refractivity contribution in [2.24, 2.45) is 11.8 Å². The Morgan fingerprint density at radius 2 is 2.55 bits per heavy atom. The van der Waals surface area contributed by atoms with E-state index in [2.05, 4.69) is 24.8 Å². The molecule has 1 fully saturated rings. The summed E-state index contributed by atoms with van der Waals surface area (Å²) < 4.78 is 5.45. The fraction of sp³-hybridized carbons (Fsp3) is 0.400. The van der Waals surface area contributed by atoms with Gasteiger partial charge in [0.2, 0.25) is 0 Å². The molecular weight excluding hydrogens is 136 g/mol. The van der Waals surface area contributed by atoms with Crippen LogP contribution < -0.4 is 0 Å². The van der Waals surface area contributed by atoms with Gasteiger partial charge in [0.15, 0.2) is 0 Å². The molecule has 11 heavy (non-hydrogen) atoms. The van der Waals surface area contributed by atoms with Crippen molar-refractivity contribution in [1.29, 1.82) is 0 Å². The number of rotatable bonds is 1. The standard InChI is InChI=1S/C10H12O/c1-2-8-4-3-5-10-9(8)6-7-11-10/h2-5,8-9H,1,6-7H2. The molecule has 0 spiro atoms. The van der Waals surface area contributed by atoms with E-state index < -0.39 is 0 Å². The van der Waals surface area contributed by atoms with Crippen LogP contribution in [0, 0.1) is 11.8 Å². The molecule has 2 unspecified atom stereocenters. The zero-order valence-electron chi connectivity index (χ0n) is 6.49. The Kier molecular flexibility index (Phi) is 1.57. The Morgan fingerprint density at radius 1 is 1.64 bits per heavy atom. The monoisotopic (exact) mass is 148 g/mol. The molecule has 0 amide bonds. The number of hydrogen-bond donors (Lipinski definition) is 0. The molecule has 0 radical (unpaired) electrons. The Morgan fingerprint density at radius 3 is 3.36 bits per heavy atom. The molecule has 2 atom stereocenters. The van der Waals surface area contributed by atoms with Gasteiger partial charge >= 0.3 is 0 Å². The fourth-order valence-corrected chi connectivity index (χ4v) is 1.76. The zero-order valence-corrected chi connectivity index (χ0v) is 6.49. The lowest BCUT2D eigenvalue weighted by Gasteiger charge is -2.18. The second kappa shape index (κ2) is 2.57. The number of fused-ring (bicyclic) bond motifs is 1. The van der Waals surface area contributed by atoms with E-state index in [1.165, 1.54) is 0 Å². The minimum absolute atomic E-state index is 0.498. The average Bonchev–Trinajstić information content (AvgIpc) is 2.50. The Hall–Kier alpha value is -0.980. The van der Waals surface area contributed by atoms with Crippen LogP contribution >= 0.6 is 0 Å². The normalized spacial score (nSPS) is 34.0. The van der Waals surface area contributed by atoms with Crippen LogP contribution in [0.15, 0.2) is 36.6 Å². The highest BCUT2D eigenvalue weighted by Gasteiger charge is 2.28. The topological polar surface area (TPSA) is 9.23 Å². The molecule has 2 aliphatic rings. The Balaban J connectivity index is 2.24. The van der Waals surface area contributed by atoms with E-state index in [-0.39, 0.29) is 0 Å². The van der Waals surface area contributed by atoms with Gasteiger partial charge in [-0.25, -0.2) is 0 Å². The highest BCUT2D eigenvalue weighted by Crippen LogP contribution is 2.35. The summed E-state index contributed by atoms with van der Waals surface area (Å²) in [4.78, 5) is 0. The van der Waals surface area contributed by atoms with Crippen molar-refractivity contribution in [3.63, 3.8) is 0 Å². The van der Waals surface area contributed by atoms with Gasteiger partial charge in [0, 0.05) is 11.8 Å². The first-order chi connectivity index (χ1) is 5.42. The van der Waals surface area contributed by atoms with Crippen molar-refractivity contribution in [3.8, 4) is 0 Å². The van der Waals surface area contributed by atoms with Crippen LogP contribution in [0.1, 0.15) is 6.42 Å². The van der Waals surface area contributed by atoms with Crippen molar-refractivity contribution in [2.75, 3.05) is 6.61 Å². The second-order valence-corrected chi connectivity index (χ2v) is 3.01. The van der Waals surface area contributed by atoms with E-state index in [1.807, 2.05) is 6.08 Å². The maximum atomic E-state index is 5.45. The van der Waals surface area contributed by atoms with Crippen LogP contribution in [0.25, 0.3) is 0 Å². The predicted molar refractivity (Wildman–Crippen MR) is 45.0 cm³/mol. The van der Waals surface area contributed by atoms with Crippen molar-refractivity contribution >= 4 is 0 Å². The Bertz CT molecular complexity index is 225. The van der Waals surface area contributed by atoms with Crippen molar-refractivity contribution in [1.82, 2.24) is 0 Å². The third-order valence-electron chi connectivity index (χ3n) is 2.39. The summed E-state index contributed by atoms with van der Waals surface area (Å²) in [6.45, 7) is 4.69. The van der Waals surface area contributed by atoms with Gasteiger partial charge in [0.05, 0.1) is 6.61 Å². The predicted octanol–water partition coefficient (Wildman–Crippen LogP) is 2.28. The molecule has 58 valence electrons. The van der Waals surface area contributed by atoms with E-state index in [0.29, 0.717) is 11.8 Å². The van der Waals surface area contributed by atoms with Gasteiger partial charge in [-0.3, -0.25) is 0 Å². The summed E-state index contributed by atoms with van der Waals surface area (Å²) in [6.07, 6.45) is 9.46. The second-order valence-electron chi connectivity index (χ2n) is 3.01. The first kappa shape index (κ1) is 6.71. The SMILES string of the molecule is C=CC1C=CC=C2OCCC21. The van der Waals surface area contributed by atoms with Crippen molar-refractivity contribution < 1.29 is 4.74 Å². The third-order valence-corrected chi connectivity index (χ3v) is 2.39. The van der Waals surface area contributed by atoms with Crippen molar-refractivity contribution in [3.05, 3.63) is 36.6 Å². The van der Waals surface area contributed by atoms with E-state index in [0.717, 1.165) is 18.8 Å². The number of allylic oxidation sites excluding steroid dienone is 5. The van der Waals surface area contributed by atoms with E-state index in [4.69, 9.17) is 4.74 Å². The molecule has 0 saturated carbocycles. The summed E-state index contributed by atoms with van der Waals surface area (Å²) >= 11 is 0. The fourth-order valence-electron chi connectivity index (χ4n) is 1.76. The molecule has 1 nitrogen and oxygen atoms in total. The molecular formula is C10H12O. The molecule has 1 aliphatic heterocycles. The van der Waals surface area contributed by atoms with Gasteiger partial charge in [-0.2, -0.15) is 0 Å². The first-order valence-corrected chi connectivity index (χ1v) is 4.05. The first-order valence-electron chi connectivity index (χ1n) is 4.05. The third kappa shape index (κ3) is 1.01. The summed E-state index contributed by atoms with van der Waals surface area (Å²) in [5, 5.41) is 0. The number of ether oxygens (including phenoxy) is 1. The smallest absolute Gasteiger partial charge is 0.100 e. The minimum Gasteiger partial charge on any atom is -0.498 e. The van der Waals surface area contributed by atoms with Crippen LogP contribution in [-0.4, -0.2) is 6.61 Å². The van der Waals surface area contributed by atoms with Gasteiger partial charge in [-0.15, -0.1) is 6.58 Å². The molecule has 1 heterocycles. The highest BCUT2D eigenvalue weighted by molar-refractivity contribution is 5.23. The lowest BCUT2D eigenvalue weighted by molar-refractivity contribution is 0.256. The molecule has 0 aromatic carbocycles. The van der Waals surface area contributed by atoms with Crippen LogP contribution in [0.2, 0.25) is 0 Å². The largest absolute Gasteiger partial charge is 0.498 e. The van der Waals surface area contributed by atoms with Crippen LogP contribution in [-0.2, 0) is 4.74 Å². The van der Waals surface area contributed by atoms with Crippen molar-refractivity contribution in [2.45, 2.75) is 6.42 Å². The molecule has 0 aromatic heterocycles. The number of hydrogen-bond acceptors (Lipinski definition) is 1. The molecule has 2 rings (SSSR count). The lowest BCUT2D eigenvalue weighted by atomic mass is 9.86. The van der Waals surface area contributed by atoms with Gasteiger partial charge in [0.1, 0.15) is 5.76 Å². The molecule has 1 heteroatoms. The van der Waals surface area contributed by atoms with Gasteiger partial charge in [-0.1, -0.05) is 18.2 Å². The maximum Gasteiger partial charge on any atom is 0.100 e. The maximum absolute atomic E-state index is 5.45. The summed E-state index contributed by atoms with van der Waals surface area (Å²) in [5.41, 5.74) is 0.